The van der Waals surface area contributed by atoms with Crippen LogP contribution in [0, 0.1) is 24.0 Å². The number of primary amides is 1. The Morgan fingerprint density at radius 3 is 2.39 bits per heavy atom. The summed E-state index contributed by atoms with van der Waals surface area (Å²) in [5.41, 5.74) is 7.47. The summed E-state index contributed by atoms with van der Waals surface area (Å²) in [6.45, 7) is 3.66. The predicted octanol–water partition coefficient (Wildman–Crippen LogP) is 2.56. The maximum Gasteiger partial charge on any atom is 0.270 e. The van der Waals surface area contributed by atoms with Crippen molar-refractivity contribution in [1.82, 2.24) is 0 Å². The second-order valence-corrected chi connectivity index (χ2v) is 5.11. The first-order valence-electron chi connectivity index (χ1n) is 6.76. The van der Waals surface area contributed by atoms with Gasteiger partial charge in [0, 0.05) is 17.7 Å². The van der Waals surface area contributed by atoms with Gasteiger partial charge >= 0.3 is 0 Å². The van der Waals surface area contributed by atoms with Gasteiger partial charge in [-0.05, 0) is 43.2 Å². The molecule has 0 saturated carbocycles. The van der Waals surface area contributed by atoms with Gasteiger partial charge in [-0.15, -0.1) is 0 Å². The van der Waals surface area contributed by atoms with Gasteiger partial charge in [-0.1, -0.05) is 6.07 Å². The number of aryl methyl sites for hydroxylation is 2. The van der Waals surface area contributed by atoms with Crippen molar-refractivity contribution in [2.24, 2.45) is 5.73 Å². The Labute approximate surface area is 132 Å². The maximum atomic E-state index is 12.3. The van der Waals surface area contributed by atoms with Crippen LogP contribution in [0.25, 0.3) is 0 Å². The summed E-state index contributed by atoms with van der Waals surface area (Å²) in [4.78, 5) is 34.0. The molecule has 0 unspecified atom stereocenters. The summed E-state index contributed by atoms with van der Waals surface area (Å²) in [5, 5.41) is 13.4. The van der Waals surface area contributed by atoms with E-state index in [4.69, 9.17) is 5.73 Å². The fourth-order valence-electron chi connectivity index (χ4n) is 2.08. The summed E-state index contributed by atoms with van der Waals surface area (Å²) in [7, 11) is 0. The summed E-state index contributed by atoms with van der Waals surface area (Å²) < 4.78 is 0. The van der Waals surface area contributed by atoms with Crippen LogP contribution in [0.4, 0.5) is 11.4 Å². The minimum atomic E-state index is -0.664. The zero-order valence-corrected chi connectivity index (χ0v) is 12.6. The molecular weight excluding hydrogens is 298 g/mol. The highest BCUT2D eigenvalue weighted by Crippen LogP contribution is 2.22. The number of hydrogen-bond acceptors (Lipinski definition) is 4. The van der Waals surface area contributed by atoms with Gasteiger partial charge in [-0.25, -0.2) is 0 Å². The van der Waals surface area contributed by atoms with E-state index in [1.165, 1.54) is 24.3 Å². The third-order valence-corrected chi connectivity index (χ3v) is 3.47. The van der Waals surface area contributed by atoms with Crippen LogP contribution in [0.3, 0.4) is 0 Å². The van der Waals surface area contributed by atoms with E-state index in [-0.39, 0.29) is 22.5 Å². The number of nitrogens with one attached hydrogen (secondary N) is 1. The monoisotopic (exact) mass is 313 g/mol. The van der Waals surface area contributed by atoms with Gasteiger partial charge in [0.05, 0.1) is 16.2 Å². The van der Waals surface area contributed by atoms with Crippen molar-refractivity contribution >= 4 is 23.2 Å². The number of non-ortho nitro benzene ring substituents is 1. The molecule has 0 aliphatic rings. The van der Waals surface area contributed by atoms with Gasteiger partial charge in [-0.2, -0.15) is 0 Å². The van der Waals surface area contributed by atoms with E-state index in [0.29, 0.717) is 0 Å². The Hall–Kier alpha value is -3.22. The quantitative estimate of drug-likeness (QED) is 0.666. The Balaban J connectivity index is 2.37. The molecular formula is C16H15N3O4. The molecule has 3 N–H and O–H groups in total. The smallest absolute Gasteiger partial charge is 0.270 e. The Morgan fingerprint density at radius 2 is 1.78 bits per heavy atom. The number of amides is 2. The fourth-order valence-corrected chi connectivity index (χ4v) is 2.08. The van der Waals surface area contributed by atoms with E-state index in [1.54, 1.807) is 12.1 Å². The van der Waals surface area contributed by atoms with Gasteiger partial charge < -0.3 is 11.1 Å². The zero-order valence-electron chi connectivity index (χ0n) is 12.6. The molecule has 7 nitrogen and oxygen atoms in total. The molecule has 23 heavy (non-hydrogen) atoms. The van der Waals surface area contributed by atoms with E-state index in [2.05, 4.69) is 5.32 Å². The van der Waals surface area contributed by atoms with Gasteiger partial charge in [0.25, 0.3) is 17.5 Å². The predicted molar refractivity (Wildman–Crippen MR) is 85.5 cm³/mol. The van der Waals surface area contributed by atoms with E-state index in [1.807, 2.05) is 13.8 Å². The molecule has 2 amide bonds. The molecule has 2 aromatic carbocycles. The summed E-state index contributed by atoms with van der Waals surface area (Å²) in [6, 6.07) is 8.57. The minimum absolute atomic E-state index is 0.118. The van der Waals surface area contributed by atoms with Crippen LogP contribution in [0.1, 0.15) is 31.8 Å². The summed E-state index contributed by atoms with van der Waals surface area (Å²) >= 11 is 0. The summed E-state index contributed by atoms with van der Waals surface area (Å²) in [6.07, 6.45) is 0. The minimum Gasteiger partial charge on any atom is -0.366 e. The fraction of sp³-hybridized carbons (Fsp3) is 0.125. The largest absolute Gasteiger partial charge is 0.366 e. The molecule has 7 heteroatoms. The van der Waals surface area contributed by atoms with Crippen molar-refractivity contribution in [2.45, 2.75) is 13.8 Å². The zero-order chi connectivity index (χ0) is 17.1. The number of nitrogens with two attached hydrogens (primary N) is 1. The lowest BCUT2D eigenvalue weighted by Gasteiger charge is -2.12. The van der Waals surface area contributed by atoms with Gasteiger partial charge in [0.1, 0.15) is 0 Å². The van der Waals surface area contributed by atoms with E-state index in [0.717, 1.165) is 11.1 Å². The van der Waals surface area contributed by atoms with E-state index >= 15 is 0 Å². The molecule has 0 aromatic heterocycles. The van der Waals surface area contributed by atoms with E-state index < -0.39 is 16.7 Å². The highest BCUT2D eigenvalue weighted by Gasteiger charge is 2.16. The maximum absolute atomic E-state index is 12.3. The number of benzene rings is 2. The van der Waals surface area contributed by atoms with Crippen molar-refractivity contribution in [3.63, 3.8) is 0 Å². The first kappa shape index (κ1) is 16.2. The molecule has 0 spiro atoms. The Bertz CT molecular complexity index is 815. The first-order chi connectivity index (χ1) is 10.8. The average molecular weight is 313 g/mol. The number of rotatable bonds is 4. The topological polar surface area (TPSA) is 115 Å². The first-order valence-corrected chi connectivity index (χ1v) is 6.76. The van der Waals surface area contributed by atoms with Crippen LogP contribution in [0.15, 0.2) is 36.4 Å². The second kappa shape index (κ2) is 6.27. The number of hydrogen-bond donors (Lipinski definition) is 2. The third kappa shape index (κ3) is 3.52. The second-order valence-electron chi connectivity index (χ2n) is 5.11. The number of nitro benzene ring substituents is 1. The lowest BCUT2D eigenvalue weighted by Crippen LogP contribution is -2.19. The molecule has 0 saturated heterocycles. The molecule has 2 rings (SSSR count). The number of nitrogens with zero attached hydrogens (tertiary/aromatic N) is 1. The van der Waals surface area contributed by atoms with Gasteiger partial charge in [0.15, 0.2) is 0 Å². The van der Waals surface area contributed by atoms with Crippen LogP contribution in [0.5, 0.6) is 0 Å². The molecule has 0 atom stereocenters. The number of carbonyl (C=O) groups excluding carboxylic acids is 2. The van der Waals surface area contributed by atoms with Crippen molar-refractivity contribution in [2.75, 3.05) is 5.32 Å². The summed E-state index contributed by atoms with van der Waals surface area (Å²) in [5.74, 6) is -1.22. The number of nitro groups is 1. The van der Waals surface area contributed by atoms with Crippen LogP contribution < -0.4 is 11.1 Å². The molecule has 0 heterocycles. The number of carbonyl (C=O) groups is 2. The standard InChI is InChI=1S/C16H15N3O4/c1-9-6-13(15(17)20)14(7-10(9)2)18-16(21)11-4-3-5-12(8-11)19(22)23/h3-8H,1-2H3,(H2,17,20)(H,18,21). The Morgan fingerprint density at radius 1 is 1.13 bits per heavy atom. The van der Waals surface area contributed by atoms with Crippen molar-refractivity contribution in [3.8, 4) is 0 Å². The molecule has 0 bridgehead atoms. The number of anilines is 1. The highest BCUT2D eigenvalue weighted by molar-refractivity contribution is 6.09. The van der Waals surface area contributed by atoms with Crippen molar-refractivity contribution in [3.05, 3.63) is 68.8 Å². The molecule has 0 radical (unpaired) electrons. The van der Waals surface area contributed by atoms with E-state index in [9.17, 15) is 19.7 Å². The molecule has 0 fully saturated rings. The molecule has 118 valence electrons. The van der Waals surface area contributed by atoms with Crippen LogP contribution in [-0.2, 0) is 0 Å². The third-order valence-electron chi connectivity index (χ3n) is 3.47. The van der Waals surface area contributed by atoms with Crippen molar-refractivity contribution in [1.29, 1.82) is 0 Å². The van der Waals surface area contributed by atoms with Crippen LogP contribution in [-0.4, -0.2) is 16.7 Å². The Kier molecular flexibility index (Phi) is 4.40. The van der Waals surface area contributed by atoms with Gasteiger partial charge in [0.2, 0.25) is 0 Å². The molecule has 0 aliphatic heterocycles. The lowest BCUT2D eigenvalue weighted by atomic mass is 10.0. The SMILES string of the molecule is Cc1cc(NC(=O)c2cccc([N+](=O)[O-])c2)c(C(N)=O)cc1C. The highest BCUT2D eigenvalue weighted by atomic mass is 16.6. The van der Waals surface area contributed by atoms with Crippen LogP contribution in [0.2, 0.25) is 0 Å². The van der Waals surface area contributed by atoms with Crippen LogP contribution >= 0.6 is 0 Å². The molecule has 0 aliphatic carbocycles. The molecule has 2 aromatic rings. The van der Waals surface area contributed by atoms with Gasteiger partial charge in [-0.3, -0.25) is 19.7 Å². The normalized spacial score (nSPS) is 10.2. The lowest BCUT2D eigenvalue weighted by molar-refractivity contribution is -0.384. The van der Waals surface area contributed by atoms with Crippen molar-refractivity contribution < 1.29 is 14.5 Å². The average Bonchev–Trinajstić information content (AvgIpc) is 2.50.